The Morgan fingerprint density at radius 1 is 1.50 bits per heavy atom. The van der Waals surface area contributed by atoms with Crippen LogP contribution in [0.3, 0.4) is 0 Å². The molecule has 1 aliphatic rings. The lowest BCUT2D eigenvalue weighted by atomic mass is 10.1. The molecule has 2 rings (SSSR count). The zero-order valence-corrected chi connectivity index (χ0v) is 11.5. The van der Waals surface area contributed by atoms with Gasteiger partial charge in [0.2, 0.25) is 5.89 Å². The van der Waals surface area contributed by atoms with E-state index < -0.39 is 0 Å². The van der Waals surface area contributed by atoms with E-state index in [4.69, 9.17) is 9.26 Å². The number of aromatic nitrogens is 2. The highest BCUT2D eigenvalue weighted by Crippen LogP contribution is 2.45. The van der Waals surface area contributed by atoms with Gasteiger partial charge in [-0.25, -0.2) is 0 Å². The molecular weight excluding hydrogens is 230 g/mol. The molecule has 0 bridgehead atoms. The highest BCUT2D eigenvalue weighted by molar-refractivity contribution is 5.14. The molecule has 1 aliphatic carbocycles. The Balaban J connectivity index is 1.91. The van der Waals surface area contributed by atoms with Gasteiger partial charge < -0.3 is 14.6 Å². The Labute approximate surface area is 108 Å². The summed E-state index contributed by atoms with van der Waals surface area (Å²) in [5, 5.41) is 7.52. The van der Waals surface area contributed by atoms with E-state index in [1.807, 2.05) is 0 Å². The van der Waals surface area contributed by atoms with Crippen LogP contribution in [0.1, 0.15) is 44.8 Å². The number of nitrogens with zero attached hydrogens (tertiary/aromatic N) is 2. The average Bonchev–Trinajstić information content (AvgIpc) is 2.92. The van der Waals surface area contributed by atoms with Crippen molar-refractivity contribution in [2.45, 2.75) is 51.0 Å². The van der Waals surface area contributed by atoms with Crippen LogP contribution in [0.5, 0.6) is 0 Å². The minimum absolute atomic E-state index is 0.176. The highest BCUT2D eigenvalue weighted by atomic mass is 16.5. The van der Waals surface area contributed by atoms with Crippen molar-refractivity contribution in [3.63, 3.8) is 0 Å². The summed E-state index contributed by atoms with van der Waals surface area (Å²) in [7, 11) is 1.71. The van der Waals surface area contributed by atoms with Crippen LogP contribution >= 0.6 is 0 Å². The van der Waals surface area contributed by atoms with Crippen molar-refractivity contribution in [3.8, 4) is 0 Å². The molecule has 0 radical (unpaired) electrons. The summed E-state index contributed by atoms with van der Waals surface area (Å²) in [4.78, 5) is 4.50. The number of hydrogen-bond donors (Lipinski definition) is 1. The van der Waals surface area contributed by atoms with Crippen LogP contribution in [-0.2, 0) is 16.6 Å². The van der Waals surface area contributed by atoms with E-state index >= 15 is 0 Å². The summed E-state index contributed by atoms with van der Waals surface area (Å²) in [5.41, 5.74) is 0.176. The van der Waals surface area contributed by atoms with Crippen molar-refractivity contribution < 1.29 is 9.26 Å². The van der Waals surface area contributed by atoms with Gasteiger partial charge in [0.25, 0.3) is 0 Å². The van der Waals surface area contributed by atoms with Crippen molar-refractivity contribution in [1.82, 2.24) is 15.5 Å². The molecular formula is C13H23N3O2. The largest absolute Gasteiger partial charge is 0.383 e. The van der Waals surface area contributed by atoms with E-state index in [0.717, 1.165) is 25.2 Å². The second kappa shape index (κ2) is 5.80. The van der Waals surface area contributed by atoms with Gasteiger partial charge >= 0.3 is 0 Å². The first kappa shape index (κ1) is 13.5. The molecule has 5 heteroatoms. The van der Waals surface area contributed by atoms with E-state index in [1.54, 1.807) is 7.11 Å². The van der Waals surface area contributed by atoms with Gasteiger partial charge in [0.05, 0.1) is 6.61 Å². The molecule has 0 amide bonds. The molecule has 1 aromatic rings. The zero-order chi connectivity index (χ0) is 13.0. The van der Waals surface area contributed by atoms with Crippen LogP contribution in [0.25, 0.3) is 0 Å². The Morgan fingerprint density at radius 3 is 2.89 bits per heavy atom. The maximum atomic E-state index is 5.33. The maximum absolute atomic E-state index is 5.33. The van der Waals surface area contributed by atoms with Gasteiger partial charge in [0, 0.05) is 25.0 Å². The Bertz CT molecular complexity index is 374. The molecule has 0 spiro atoms. The zero-order valence-electron chi connectivity index (χ0n) is 11.5. The monoisotopic (exact) mass is 253 g/mol. The molecule has 1 fully saturated rings. The second-order valence-electron chi connectivity index (χ2n) is 5.38. The Kier molecular flexibility index (Phi) is 4.35. The van der Waals surface area contributed by atoms with Crippen LogP contribution in [0.15, 0.2) is 4.52 Å². The fraction of sp³-hybridized carbons (Fsp3) is 0.846. The first-order chi connectivity index (χ1) is 8.68. The molecule has 1 saturated carbocycles. The lowest BCUT2D eigenvalue weighted by Crippen LogP contribution is -2.35. The quantitative estimate of drug-likeness (QED) is 0.763. The molecule has 1 N–H and O–H groups in total. The van der Waals surface area contributed by atoms with Crippen molar-refractivity contribution in [1.29, 1.82) is 0 Å². The molecule has 5 nitrogen and oxygen atoms in total. The standard InChI is InChI=1S/C13H23N3O2/c1-4-7-14-10(9-17-3)8-11-15-12(16-18-11)13(2)5-6-13/h10,14H,4-9H2,1-3H3. The van der Waals surface area contributed by atoms with Gasteiger partial charge in [-0.1, -0.05) is 19.0 Å². The van der Waals surface area contributed by atoms with Crippen molar-refractivity contribution in [3.05, 3.63) is 11.7 Å². The van der Waals surface area contributed by atoms with Gasteiger partial charge in [0.15, 0.2) is 5.82 Å². The highest BCUT2D eigenvalue weighted by Gasteiger charge is 2.43. The van der Waals surface area contributed by atoms with Gasteiger partial charge in [-0.3, -0.25) is 0 Å². The topological polar surface area (TPSA) is 60.2 Å². The van der Waals surface area contributed by atoms with Crippen LogP contribution in [0, 0.1) is 0 Å². The number of methoxy groups -OCH3 is 1. The second-order valence-corrected chi connectivity index (χ2v) is 5.38. The summed E-state index contributed by atoms with van der Waals surface area (Å²) < 4.78 is 10.5. The van der Waals surface area contributed by atoms with E-state index in [0.29, 0.717) is 12.5 Å². The number of ether oxygens (including phenoxy) is 1. The normalized spacial score (nSPS) is 18.8. The van der Waals surface area contributed by atoms with E-state index in [9.17, 15) is 0 Å². The van der Waals surface area contributed by atoms with Gasteiger partial charge in [-0.2, -0.15) is 4.98 Å². The van der Waals surface area contributed by atoms with Crippen LogP contribution < -0.4 is 5.32 Å². The van der Waals surface area contributed by atoms with Crippen LogP contribution in [0.4, 0.5) is 0 Å². The molecule has 102 valence electrons. The fourth-order valence-electron chi connectivity index (χ4n) is 1.94. The van der Waals surface area contributed by atoms with E-state index in [-0.39, 0.29) is 11.5 Å². The third kappa shape index (κ3) is 3.29. The molecule has 1 aromatic heterocycles. The number of nitrogens with one attached hydrogen (secondary N) is 1. The maximum Gasteiger partial charge on any atom is 0.228 e. The summed E-state index contributed by atoms with van der Waals surface area (Å²) in [6.07, 6.45) is 4.17. The fourth-order valence-corrected chi connectivity index (χ4v) is 1.94. The summed E-state index contributed by atoms with van der Waals surface area (Å²) in [6, 6.07) is 0.246. The van der Waals surface area contributed by atoms with Gasteiger partial charge in [-0.15, -0.1) is 0 Å². The predicted octanol–water partition coefficient (Wildman–Crippen LogP) is 1.68. The number of rotatable bonds is 8. The van der Waals surface area contributed by atoms with Crippen molar-refractivity contribution in [2.24, 2.45) is 0 Å². The Morgan fingerprint density at radius 2 is 2.28 bits per heavy atom. The predicted molar refractivity (Wildman–Crippen MR) is 68.5 cm³/mol. The Hall–Kier alpha value is -0.940. The third-order valence-corrected chi connectivity index (χ3v) is 3.48. The summed E-state index contributed by atoms with van der Waals surface area (Å²) in [6.45, 7) is 5.97. The minimum atomic E-state index is 0.176. The molecule has 18 heavy (non-hydrogen) atoms. The first-order valence-electron chi connectivity index (χ1n) is 6.73. The first-order valence-corrected chi connectivity index (χ1v) is 6.73. The molecule has 1 unspecified atom stereocenters. The lowest BCUT2D eigenvalue weighted by molar-refractivity contribution is 0.161. The summed E-state index contributed by atoms with van der Waals surface area (Å²) >= 11 is 0. The smallest absolute Gasteiger partial charge is 0.228 e. The third-order valence-electron chi connectivity index (χ3n) is 3.48. The van der Waals surface area contributed by atoms with E-state index in [2.05, 4.69) is 29.3 Å². The van der Waals surface area contributed by atoms with Crippen molar-refractivity contribution >= 4 is 0 Å². The molecule has 0 aromatic carbocycles. The molecule has 1 heterocycles. The van der Waals surface area contributed by atoms with Crippen LogP contribution in [0.2, 0.25) is 0 Å². The SMILES string of the molecule is CCCNC(COC)Cc1nc(C2(C)CC2)no1. The molecule has 0 saturated heterocycles. The minimum Gasteiger partial charge on any atom is -0.383 e. The molecule has 1 atom stereocenters. The summed E-state index contributed by atoms with van der Waals surface area (Å²) in [5.74, 6) is 1.58. The van der Waals surface area contributed by atoms with Crippen molar-refractivity contribution in [2.75, 3.05) is 20.3 Å². The van der Waals surface area contributed by atoms with Crippen LogP contribution in [-0.4, -0.2) is 36.4 Å². The van der Waals surface area contributed by atoms with Gasteiger partial charge in [-0.05, 0) is 25.8 Å². The molecule has 0 aliphatic heterocycles. The lowest BCUT2D eigenvalue weighted by Gasteiger charge is -2.15. The number of hydrogen-bond acceptors (Lipinski definition) is 5. The average molecular weight is 253 g/mol. The van der Waals surface area contributed by atoms with E-state index in [1.165, 1.54) is 12.8 Å². The van der Waals surface area contributed by atoms with Gasteiger partial charge in [0.1, 0.15) is 0 Å².